The molecule has 2 N–H and O–H groups in total. The predicted molar refractivity (Wildman–Crippen MR) is 275 cm³/mol. The summed E-state index contributed by atoms with van der Waals surface area (Å²) in [5, 5.41) is 23.1. The van der Waals surface area contributed by atoms with Crippen molar-refractivity contribution in [2.45, 2.75) is 96.4 Å². The van der Waals surface area contributed by atoms with Crippen LogP contribution in [-0.4, -0.2) is 95.8 Å². The summed E-state index contributed by atoms with van der Waals surface area (Å²) in [6.45, 7) is 12.2. The smallest absolute Gasteiger partial charge is 0.417 e. The van der Waals surface area contributed by atoms with Crippen molar-refractivity contribution in [1.29, 1.82) is 5.26 Å². The molecule has 3 aliphatic heterocycles. The molecule has 3 aromatic carbocycles. The first-order valence-corrected chi connectivity index (χ1v) is 25.1. The van der Waals surface area contributed by atoms with Crippen LogP contribution in [0.4, 0.5) is 30.4 Å². The number of nitrogens with zero attached hydrogens (tertiary/aromatic N) is 9. The number of ether oxygens (including phenoxy) is 1. The first-order chi connectivity index (χ1) is 34.7. The topological polar surface area (TPSA) is 173 Å². The average molecular weight is 1030 g/mol. The maximum Gasteiger partial charge on any atom is 0.417 e. The Morgan fingerprint density at radius 2 is 1.70 bits per heavy atom. The molecule has 0 bridgehead atoms. The highest BCUT2D eigenvalue weighted by Crippen LogP contribution is 2.41. The number of carbonyl (C=O) groups excluding carboxylic acids is 3. The number of thiocarbonyl (C=S) groups is 1. The fourth-order valence-electron chi connectivity index (χ4n) is 9.87. The Hall–Kier alpha value is -7.21. The quantitative estimate of drug-likeness (QED) is 0.105. The second-order valence-electron chi connectivity index (χ2n) is 19.4. The van der Waals surface area contributed by atoms with E-state index >= 15 is 0 Å². The van der Waals surface area contributed by atoms with E-state index in [1.165, 1.54) is 11.0 Å². The van der Waals surface area contributed by atoms with Gasteiger partial charge in [0.2, 0.25) is 11.8 Å². The number of aryl methyl sites for hydroxylation is 1. The van der Waals surface area contributed by atoms with Crippen LogP contribution in [0.3, 0.4) is 0 Å². The van der Waals surface area contributed by atoms with Crippen molar-refractivity contribution in [2.75, 3.05) is 34.3 Å². The number of nitriles is 1. The largest absolute Gasteiger partial charge is 0.489 e. The van der Waals surface area contributed by atoms with Crippen molar-refractivity contribution in [3.8, 4) is 33.5 Å². The highest BCUT2D eigenvalue weighted by Gasteiger charge is 2.51. The van der Waals surface area contributed by atoms with Gasteiger partial charge in [0.05, 0.1) is 69.7 Å². The summed E-state index contributed by atoms with van der Waals surface area (Å²) in [6, 6.07) is 21.5. The van der Waals surface area contributed by atoms with E-state index in [9.17, 15) is 37.9 Å². The Bertz CT molecular complexity index is 3120. The number of aromatic nitrogens is 4. The summed E-state index contributed by atoms with van der Waals surface area (Å²) in [5.74, 6) is -0.0310. The number of imidazole rings is 1. The second kappa shape index (κ2) is 20.0. The molecular formula is C53H53F3N10O5S2. The number of benzene rings is 3. The minimum Gasteiger partial charge on any atom is -0.489 e. The van der Waals surface area contributed by atoms with E-state index in [-0.39, 0.29) is 53.6 Å². The van der Waals surface area contributed by atoms with Crippen molar-refractivity contribution in [3.05, 3.63) is 125 Å². The minimum absolute atomic E-state index is 0.00704. The SMILES string of the molecule is Cc1ncsc1-c1ccc([C@H](C)NC(=O)[C@@H]2C[C@@H](O)CN2C(=O)C(C(C)C)n2cnc(-c3ccnc(N4CCC(Oc5ccc(N6C(=S)N(c7ccc(C#N)c(C(F)(F)F)c7)C(=O)C6(C)C)cc5)C4)c3)c2)cc1. The molecule has 3 amide bonds. The number of β-amino-alcohol motifs (C(OH)–C–C–N with tert-alkyl or cyclic N) is 1. The molecule has 9 rings (SSSR count). The van der Waals surface area contributed by atoms with Crippen molar-refractivity contribution in [2.24, 2.45) is 5.92 Å². The third-order valence-electron chi connectivity index (χ3n) is 13.7. The standard InChI is InChI=1S/C53H53F3N10O5S2/c1-30(2)46(49(69)64-25-39(67)23-44(64)48(68)61-31(3)33-7-9-34(10-8-33)47-32(4)60-29-73-47)63-27-43(59-28-63)35-17-19-58-45(21-35)62-20-18-41(26-62)71-40-15-13-37(14-16-40)66-51(72)65(50(70)52(66,5)6)38-12-11-36(24-57)42(22-38)53(54,55)56/h7-17,19,21-22,27-31,39,41,44,46,67H,18,20,23,25-26H2,1-6H3,(H,61,68)/t31-,39+,41?,44-,46?/m0/s1. The molecule has 73 heavy (non-hydrogen) atoms. The zero-order valence-electron chi connectivity index (χ0n) is 40.9. The number of pyridine rings is 1. The number of carbonyl (C=O) groups is 3. The van der Waals surface area contributed by atoms with Crippen LogP contribution in [0.2, 0.25) is 0 Å². The minimum atomic E-state index is -4.81. The molecule has 3 fully saturated rings. The summed E-state index contributed by atoms with van der Waals surface area (Å²) in [4.78, 5) is 63.1. The maximum absolute atomic E-state index is 14.5. The molecule has 0 aliphatic carbocycles. The van der Waals surface area contributed by atoms with Crippen LogP contribution in [-0.2, 0) is 20.6 Å². The van der Waals surface area contributed by atoms with Gasteiger partial charge in [-0.15, -0.1) is 11.3 Å². The van der Waals surface area contributed by atoms with E-state index in [2.05, 4.69) is 20.2 Å². The number of amides is 3. The third-order valence-corrected chi connectivity index (χ3v) is 15.1. The van der Waals surface area contributed by atoms with Crippen molar-refractivity contribution in [1.82, 2.24) is 29.7 Å². The Kier molecular flexibility index (Phi) is 13.9. The molecule has 3 aliphatic rings. The molecule has 20 heteroatoms. The van der Waals surface area contributed by atoms with Gasteiger partial charge in [0.25, 0.3) is 5.91 Å². The van der Waals surface area contributed by atoms with E-state index in [1.54, 1.807) is 77.5 Å². The van der Waals surface area contributed by atoms with Crippen LogP contribution < -0.4 is 24.8 Å². The molecule has 3 aromatic heterocycles. The first-order valence-electron chi connectivity index (χ1n) is 23.8. The van der Waals surface area contributed by atoms with Crippen LogP contribution in [0.25, 0.3) is 21.7 Å². The molecule has 2 unspecified atom stereocenters. The molecule has 5 atom stereocenters. The lowest BCUT2D eigenvalue weighted by Crippen LogP contribution is -2.49. The van der Waals surface area contributed by atoms with Gasteiger partial charge in [-0.3, -0.25) is 19.3 Å². The lowest BCUT2D eigenvalue weighted by Gasteiger charge is -2.31. The maximum atomic E-state index is 14.5. The number of hydrogen-bond acceptors (Lipinski definition) is 12. The van der Waals surface area contributed by atoms with E-state index in [4.69, 9.17) is 21.9 Å². The Morgan fingerprint density at radius 3 is 2.37 bits per heavy atom. The lowest BCUT2D eigenvalue weighted by molar-refractivity contribution is -0.142. The molecule has 378 valence electrons. The van der Waals surface area contributed by atoms with Gasteiger partial charge in [-0.2, -0.15) is 18.4 Å². The first kappa shape index (κ1) is 50.7. The fourth-order valence-corrected chi connectivity index (χ4v) is 11.2. The zero-order valence-corrected chi connectivity index (χ0v) is 42.5. The Morgan fingerprint density at radius 1 is 0.973 bits per heavy atom. The molecular weight excluding hydrogens is 978 g/mol. The number of aliphatic hydroxyl groups is 1. The van der Waals surface area contributed by atoms with Crippen LogP contribution in [0.5, 0.6) is 5.75 Å². The van der Waals surface area contributed by atoms with E-state index in [1.807, 2.05) is 75.8 Å². The normalized spacial score (nSPS) is 19.7. The second-order valence-corrected chi connectivity index (χ2v) is 20.7. The Labute approximate surface area is 429 Å². The molecule has 0 radical (unpaired) electrons. The number of nitrogens with one attached hydrogen (secondary N) is 1. The summed E-state index contributed by atoms with van der Waals surface area (Å²) in [5.41, 5.74) is 3.65. The average Bonchev–Trinajstić information content (AvgIpc) is 4.22. The van der Waals surface area contributed by atoms with Gasteiger partial charge in [0.1, 0.15) is 35.3 Å². The fraction of sp³-hybridized carbons (Fsp3) is 0.358. The van der Waals surface area contributed by atoms with Gasteiger partial charge in [0.15, 0.2) is 5.11 Å². The van der Waals surface area contributed by atoms with Gasteiger partial charge in [-0.1, -0.05) is 38.1 Å². The highest BCUT2D eigenvalue weighted by atomic mass is 32.1. The Balaban J connectivity index is 0.829. The zero-order chi connectivity index (χ0) is 52.1. The molecule has 6 heterocycles. The lowest BCUT2D eigenvalue weighted by atomic mass is 10.0. The number of anilines is 3. The summed E-state index contributed by atoms with van der Waals surface area (Å²) >= 11 is 7.28. The molecule has 15 nitrogen and oxygen atoms in total. The van der Waals surface area contributed by atoms with Gasteiger partial charge in [-0.05, 0) is 112 Å². The van der Waals surface area contributed by atoms with E-state index in [0.29, 0.717) is 42.5 Å². The number of halogens is 3. The highest BCUT2D eigenvalue weighted by molar-refractivity contribution is 7.81. The number of alkyl halides is 3. The summed E-state index contributed by atoms with van der Waals surface area (Å²) in [6.07, 6.45) is 0.118. The van der Waals surface area contributed by atoms with Gasteiger partial charge < -0.3 is 34.4 Å². The van der Waals surface area contributed by atoms with Crippen LogP contribution in [0.15, 0.2) is 103 Å². The van der Waals surface area contributed by atoms with Crippen LogP contribution >= 0.6 is 23.6 Å². The van der Waals surface area contributed by atoms with E-state index in [0.717, 1.165) is 44.3 Å². The molecule has 0 spiro atoms. The molecule has 0 saturated carbocycles. The number of likely N-dealkylation sites (tertiary alicyclic amines) is 1. The number of hydrogen-bond donors (Lipinski definition) is 2. The van der Waals surface area contributed by atoms with E-state index < -0.39 is 46.9 Å². The van der Waals surface area contributed by atoms with Crippen molar-refractivity contribution >= 4 is 63.6 Å². The van der Waals surface area contributed by atoms with Crippen LogP contribution in [0.1, 0.15) is 81.9 Å². The molecule has 6 aromatic rings. The monoisotopic (exact) mass is 1030 g/mol. The summed E-state index contributed by atoms with van der Waals surface area (Å²) in [7, 11) is 0. The number of aliphatic hydroxyl groups excluding tert-OH is 1. The van der Waals surface area contributed by atoms with Crippen LogP contribution in [0, 0.1) is 24.2 Å². The number of rotatable bonds is 13. The van der Waals surface area contributed by atoms with Gasteiger partial charge in [-0.25, -0.2) is 15.0 Å². The third kappa shape index (κ3) is 10.0. The van der Waals surface area contributed by atoms with Crippen molar-refractivity contribution in [3.63, 3.8) is 0 Å². The predicted octanol–water partition coefficient (Wildman–Crippen LogP) is 8.88. The van der Waals surface area contributed by atoms with Gasteiger partial charge in [0, 0.05) is 49.6 Å². The number of thiazole rings is 1. The molecule has 3 saturated heterocycles. The van der Waals surface area contributed by atoms with Gasteiger partial charge >= 0.3 is 6.18 Å². The van der Waals surface area contributed by atoms with Crippen molar-refractivity contribution < 1.29 is 37.4 Å². The summed E-state index contributed by atoms with van der Waals surface area (Å²) < 4.78 is 49.7.